The van der Waals surface area contributed by atoms with E-state index in [1.54, 1.807) is 17.1 Å². The van der Waals surface area contributed by atoms with Gasteiger partial charge in [-0.1, -0.05) is 0 Å². The Bertz CT molecular complexity index is 315. The molecule has 0 bridgehead atoms. The number of rotatable bonds is 0. The molecule has 1 unspecified atom stereocenters. The summed E-state index contributed by atoms with van der Waals surface area (Å²) in [6.07, 6.45) is 3.88. The summed E-state index contributed by atoms with van der Waals surface area (Å²) in [5.41, 5.74) is 2.29. The van der Waals surface area contributed by atoms with Crippen LogP contribution in [0.25, 0.3) is 11.4 Å². The van der Waals surface area contributed by atoms with Gasteiger partial charge in [-0.3, -0.25) is 0 Å². The number of hydrogen-bond acceptors (Lipinski definition) is 1. The topological polar surface area (TPSA) is 17.8 Å². The fraction of sp³-hybridized carbons (Fsp3) is 0. The Morgan fingerprint density at radius 2 is 2.30 bits per heavy atom. The van der Waals surface area contributed by atoms with Crippen LogP contribution in [0.1, 0.15) is 0 Å². The monoisotopic (exact) mass is 194 g/mol. The van der Waals surface area contributed by atoms with Gasteiger partial charge in [0.1, 0.15) is 0 Å². The van der Waals surface area contributed by atoms with E-state index in [-0.39, 0.29) is 0 Å². The van der Waals surface area contributed by atoms with Gasteiger partial charge in [0, 0.05) is 0 Å². The van der Waals surface area contributed by atoms with Crippen LogP contribution in [0, 0.1) is 0 Å². The van der Waals surface area contributed by atoms with Crippen molar-refractivity contribution in [2.75, 3.05) is 0 Å². The molecule has 0 aromatic carbocycles. The fourth-order valence-electron chi connectivity index (χ4n) is 0.994. The number of fused-ring (bicyclic) bond motifs is 1. The SMILES string of the molecule is [AsH2]n1cccc2nccc1-2. The molecule has 0 amide bonds. The molecule has 0 fully saturated rings. The molecule has 10 heavy (non-hydrogen) atoms. The molecule has 0 saturated heterocycles. The molecule has 2 nitrogen and oxygen atoms in total. The fourth-order valence-corrected chi connectivity index (χ4v) is 1.66. The third-order valence-electron chi connectivity index (χ3n) is 1.49. The van der Waals surface area contributed by atoms with Crippen LogP contribution in [0.2, 0.25) is 0 Å². The summed E-state index contributed by atoms with van der Waals surface area (Å²) < 4.78 is 2.12. The van der Waals surface area contributed by atoms with Crippen LogP contribution >= 0.6 is 0 Å². The third-order valence-corrected chi connectivity index (χ3v) is 2.43. The molecule has 1 atom stereocenters. The number of nitrogens with zero attached hydrogens (tertiary/aromatic N) is 2. The van der Waals surface area contributed by atoms with Crippen molar-refractivity contribution in [1.82, 2.24) is 8.47 Å². The first kappa shape index (κ1) is 5.99. The molecule has 0 aliphatic carbocycles. The van der Waals surface area contributed by atoms with Gasteiger partial charge in [0.2, 0.25) is 0 Å². The number of aromatic nitrogens is 2. The molecule has 0 aromatic rings. The average molecular weight is 194 g/mol. The van der Waals surface area contributed by atoms with Crippen LogP contribution in [0.5, 0.6) is 0 Å². The van der Waals surface area contributed by atoms with Gasteiger partial charge in [-0.05, 0) is 0 Å². The summed E-state index contributed by atoms with van der Waals surface area (Å²) in [6.45, 7) is 0. The van der Waals surface area contributed by atoms with E-state index in [0.29, 0.717) is 0 Å². The first-order valence-corrected chi connectivity index (χ1v) is 4.13. The van der Waals surface area contributed by atoms with Gasteiger partial charge in [0.25, 0.3) is 0 Å². The summed E-state index contributed by atoms with van der Waals surface area (Å²) in [5, 5.41) is 0. The van der Waals surface area contributed by atoms with Crippen molar-refractivity contribution in [3.63, 3.8) is 0 Å². The second kappa shape index (κ2) is 2.13. The van der Waals surface area contributed by atoms with Gasteiger partial charge in [0.05, 0.1) is 0 Å². The van der Waals surface area contributed by atoms with Crippen molar-refractivity contribution in [1.29, 1.82) is 0 Å². The Labute approximate surface area is 68.0 Å². The Kier molecular flexibility index (Phi) is 1.28. The molecule has 3 heteroatoms. The zero-order valence-corrected chi connectivity index (χ0v) is 7.78. The van der Waals surface area contributed by atoms with Crippen molar-refractivity contribution < 1.29 is 0 Å². The van der Waals surface area contributed by atoms with Gasteiger partial charge >= 0.3 is 67.5 Å². The molecule has 0 radical (unpaired) electrons. The normalized spacial score (nSPS) is 10.5. The molecule has 0 saturated carbocycles. The summed E-state index contributed by atoms with van der Waals surface area (Å²) in [5.74, 6) is 0. The predicted octanol–water partition coefficient (Wildman–Crippen LogP) is 0.384. The molecule has 0 aromatic heterocycles. The van der Waals surface area contributed by atoms with Gasteiger partial charge in [0.15, 0.2) is 0 Å². The van der Waals surface area contributed by atoms with Gasteiger partial charge < -0.3 is 0 Å². The Morgan fingerprint density at radius 3 is 3.10 bits per heavy atom. The molecule has 50 valence electrons. The second-order valence-corrected chi connectivity index (χ2v) is 3.30. The van der Waals surface area contributed by atoms with Gasteiger partial charge in [-0.2, -0.15) is 0 Å². The van der Waals surface area contributed by atoms with Crippen molar-refractivity contribution in [3.05, 3.63) is 30.6 Å². The van der Waals surface area contributed by atoms with E-state index in [0.717, 1.165) is 5.69 Å². The summed E-state index contributed by atoms with van der Waals surface area (Å²) in [6, 6.07) is 6.06. The minimum absolute atomic E-state index is 1.08. The van der Waals surface area contributed by atoms with E-state index in [2.05, 4.69) is 8.47 Å². The number of hydrogen-bond donors (Lipinski definition) is 0. The summed E-state index contributed by atoms with van der Waals surface area (Å²) >= 11 is 1.57. The van der Waals surface area contributed by atoms with Crippen molar-refractivity contribution in [2.45, 2.75) is 0 Å². The second-order valence-electron chi connectivity index (χ2n) is 2.13. The summed E-state index contributed by atoms with van der Waals surface area (Å²) in [7, 11) is 0. The maximum atomic E-state index is 4.17. The Morgan fingerprint density at radius 1 is 1.40 bits per heavy atom. The molecular weight excluding hydrogens is 187 g/mol. The maximum absolute atomic E-state index is 4.17. The van der Waals surface area contributed by atoms with Gasteiger partial charge in [-0.15, -0.1) is 0 Å². The van der Waals surface area contributed by atoms with Crippen LogP contribution in [-0.2, 0) is 0 Å². The standard InChI is InChI=1S/C7H7AsN2/c8-10-5-1-2-6-7(10)3-4-9-6/h1-5H,8H2. The molecule has 2 rings (SSSR count). The van der Waals surface area contributed by atoms with E-state index in [4.69, 9.17) is 0 Å². The van der Waals surface area contributed by atoms with E-state index in [1.807, 2.05) is 30.6 Å². The minimum atomic E-state index is 1.08. The van der Waals surface area contributed by atoms with Crippen LogP contribution in [0.15, 0.2) is 30.6 Å². The molecule has 0 spiro atoms. The van der Waals surface area contributed by atoms with Gasteiger partial charge in [-0.25, -0.2) is 0 Å². The van der Waals surface area contributed by atoms with Crippen molar-refractivity contribution in [3.8, 4) is 11.4 Å². The van der Waals surface area contributed by atoms with Crippen molar-refractivity contribution in [2.24, 2.45) is 0 Å². The molecule has 0 N–H and O–H groups in total. The van der Waals surface area contributed by atoms with E-state index < -0.39 is 0 Å². The average Bonchev–Trinajstić information content (AvgIpc) is 2.36. The third kappa shape index (κ3) is 0.764. The van der Waals surface area contributed by atoms with E-state index >= 15 is 0 Å². The number of pyridine rings is 1. The molecule has 2 aliphatic heterocycles. The quantitative estimate of drug-likeness (QED) is 0.554. The zero-order valence-electron chi connectivity index (χ0n) is 5.36. The Hall–Kier alpha value is -0.752. The first-order valence-electron chi connectivity index (χ1n) is 3.05. The van der Waals surface area contributed by atoms with Crippen LogP contribution < -0.4 is 0 Å². The van der Waals surface area contributed by atoms with Crippen LogP contribution in [0.4, 0.5) is 0 Å². The van der Waals surface area contributed by atoms with Crippen LogP contribution in [-0.4, -0.2) is 25.5 Å². The molecule has 2 aliphatic rings. The van der Waals surface area contributed by atoms with E-state index in [1.165, 1.54) is 5.69 Å². The van der Waals surface area contributed by atoms with Crippen molar-refractivity contribution >= 4 is 17.1 Å². The predicted molar refractivity (Wildman–Crippen MR) is 42.8 cm³/mol. The summed E-state index contributed by atoms with van der Waals surface area (Å²) in [4.78, 5) is 4.17. The zero-order chi connectivity index (χ0) is 6.97. The molecular formula is C7H7AsN2. The van der Waals surface area contributed by atoms with E-state index in [9.17, 15) is 0 Å². The first-order chi connectivity index (χ1) is 4.88. The Balaban J connectivity index is 2.80. The van der Waals surface area contributed by atoms with Crippen LogP contribution in [0.3, 0.4) is 0 Å². The molecule has 2 heterocycles.